The summed E-state index contributed by atoms with van der Waals surface area (Å²) in [6.45, 7) is 4.56. The van der Waals surface area contributed by atoms with Crippen molar-refractivity contribution in [3.63, 3.8) is 0 Å². The van der Waals surface area contributed by atoms with Gasteiger partial charge in [0.1, 0.15) is 6.04 Å². The molecule has 3 saturated heterocycles. The molecule has 1 aromatic rings. The molecule has 3 heterocycles. The number of carbonyl (C=O) groups excluding carboxylic acids is 3. The highest BCUT2D eigenvalue weighted by atomic mass is 35.5. The molecule has 5 atom stereocenters. The predicted molar refractivity (Wildman–Crippen MR) is 135 cm³/mol. The van der Waals surface area contributed by atoms with E-state index in [1.54, 1.807) is 29.8 Å². The number of fused-ring (bicyclic) bond motifs is 1. The molecule has 1 spiro atoms. The number of rotatable bonds is 9. The highest BCUT2D eigenvalue weighted by Gasteiger charge is 2.76. The lowest BCUT2D eigenvalue weighted by molar-refractivity contribution is -0.140. The van der Waals surface area contributed by atoms with Crippen LogP contribution in [-0.4, -0.2) is 63.5 Å². The molecule has 1 aromatic carbocycles. The summed E-state index contributed by atoms with van der Waals surface area (Å²) in [4.78, 5) is 42.4. The minimum absolute atomic E-state index is 0.0947. The van der Waals surface area contributed by atoms with Crippen molar-refractivity contribution in [2.45, 2.75) is 67.9 Å². The smallest absolute Gasteiger partial charge is 0.248 e. The van der Waals surface area contributed by atoms with Crippen LogP contribution in [0.3, 0.4) is 0 Å². The number of aliphatic hydroxyl groups excluding tert-OH is 1. The second-order valence-electron chi connectivity index (χ2n) is 9.93. The van der Waals surface area contributed by atoms with E-state index in [-0.39, 0.29) is 29.1 Å². The van der Waals surface area contributed by atoms with E-state index in [2.05, 4.69) is 17.6 Å². The van der Waals surface area contributed by atoms with Crippen LogP contribution in [0.4, 0.5) is 5.69 Å². The van der Waals surface area contributed by atoms with Crippen LogP contribution in [0, 0.1) is 18.8 Å². The topological polar surface area (TPSA) is 98.7 Å². The molecule has 7 nitrogen and oxygen atoms in total. The van der Waals surface area contributed by atoms with E-state index in [1.807, 2.05) is 19.1 Å². The number of carbonyl (C=O) groups is 3. The standard InChI is InChI=1S/C25H34ClN3O4S/c1-15-9-8-10-16(26)19(15)28-22(32)20-25-12-11-24(2,34-25)17(21(31)27-3)18(25)23(33)29(20)13-6-4-5-7-14-30/h8-10,17-18,20,30H,4-7,11-14H2,1-3H3,(H,27,31)(H,28,32)/t17-,18+,20?,24+,25?/m1/s1. The highest BCUT2D eigenvalue weighted by Crippen LogP contribution is 2.71. The Morgan fingerprint density at radius 2 is 1.94 bits per heavy atom. The molecule has 3 aliphatic rings. The third-order valence-corrected chi connectivity index (χ3v) is 10.1. The lowest BCUT2D eigenvalue weighted by Crippen LogP contribution is -2.52. The molecule has 186 valence electrons. The first kappa shape index (κ1) is 25.3. The fourth-order valence-electron chi connectivity index (χ4n) is 6.25. The normalized spacial score (nSPS) is 31.6. The van der Waals surface area contributed by atoms with Crippen LogP contribution in [0.25, 0.3) is 0 Å². The van der Waals surface area contributed by atoms with Crippen molar-refractivity contribution in [2.75, 3.05) is 25.5 Å². The van der Waals surface area contributed by atoms with Gasteiger partial charge in [0.05, 0.1) is 27.3 Å². The quantitative estimate of drug-likeness (QED) is 0.445. The molecule has 0 radical (unpaired) electrons. The molecule has 9 heteroatoms. The Kier molecular flexibility index (Phi) is 7.23. The Morgan fingerprint density at radius 3 is 2.62 bits per heavy atom. The van der Waals surface area contributed by atoms with Crippen LogP contribution in [0.2, 0.25) is 5.02 Å². The number of nitrogens with one attached hydrogen (secondary N) is 2. The Hall–Kier alpha value is -1.77. The summed E-state index contributed by atoms with van der Waals surface area (Å²) in [5, 5.41) is 15.3. The number of halogens is 1. The first-order chi connectivity index (χ1) is 16.2. The summed E-state index contributed by atoms with van der Waals surface area (Å²) < 4.78 is -1.00. The maximum atomic E-state index is 13.9. The molecular formula is C25H34ClN3O4S. The van der Waals surface area contributed by atoms with Crippen molar-refractivity contribution >= 4 is 46.8 Å². The average Bonchev–Trinajstić information content (AvgIpc) is 3.36. The number of hydrogen-bond donors (Lipinski definition) is 3. The molecule has 0 aromatic heterocycles. The number of likely N-dealkylation sites (tertiary alicyclic amines) is 1. The van der Waals surface area contributed by atoms with Crippen molar-refractivity contribution in [1.82, 2.24) is 10.2 Å². The van der Waals surface area contributed by atoms with Crippen molar-refractivity contribution in [2.24, 2.45) is 11.8 Å². The van der Waals surface area contributed by atoms with Gasteiger partial charge in [-0.1, -0.05) is 36.6 Å². The fraction of sp³-hybridized carbons (Fsp3) is 0.640. The molecule has 0 saturated carbocycles. The monoisotopic (exact) mass is 507 g/mol. The largest absolute Gasteiger partial charge is 0.396 e. The SMILES string of the molecule is CNC(=O)[C@H]1[C@H]2C(=O)N(CCCCCCO)C(C(=O)Nc3c(C)cccc3Cl)C23CC[C@]1(C)S3. The lowest BCUT2D eigenvalue weighted by atomic mass is 9.66. The van der Waals surface area contributed by atoms with E-state index < -0.39 is 22.6 Å². The van der Waals surface area contributed by atoms with Gasteiger partial charge in [-0.25, -0.2) is 0 Å². The van der Waals surface area contributed by atoms with Crippen molar-refractivity contribution in [3.8, 4) is 0 Å². The number of unbranched alkanes of at least 4 members (excludes halogenated alkanes) is 3. The van der Waals surface area contributed by atoms with Gasteiger partial charge in [-0.2, -0.15) is 0 Å². The molecule has 3 N–H and O–H groups in total. The Bertz CT molecular complexity index is 971. The van der Waals surface area contributed by atoms with Gasteiger partial charge in [0.15, 0.2) is 0 Å². The maximum absolute atomic E-state index is 13.9. The molecule has 3 fully saturated rings. The molecule has 4 rings (SSSR count). The summed E-state index contributed by atoms with van der Waals surface area (Å²) >= 11 is 8.06. The molecule has 3 aliphatic heterocycles. The minimum Gasteiger partial charge on any atom is -0.396 e. The van der Waals surface area contributed by atoms with E-state index in [9.17, 15) is 14.4 Å². The zero-order valence-corrected chi connectivity index (χ0v) is 21.6. The van der Waals surface area contributed by atoms with Gasteiger partial charge in [-0.15, -0.1) is 11.8 Å². The van der Waals surface area contributed by atoms with E-state index in [0.717, 1.165) is 44.1 Å². The zero-order chi connectivity index (χ0) is 24.7. The maximum Gasteiger partial charge on any atom is 0.248 e. The van der Waals surface area contributed by atoms with Gasteiger partial charge >= 0.3 is 0 Å². The number of aliphatic hydroxyl groups is 1. The van der Waals surface area contributed by atoms with E-state index >= 15 is 0 Å². The van der Waals surface area contributed by atoms with Gasteiger partial charge < -0.3 is 20.6 Å². The molecule has 2 bridgehead atoms. The van der Waals surface area contributed by atoms with Gasteiger partial charge in [0.2, 0.25) is 17.7 Å². The molecule has 3 amide bonds. The second kappa shape index (κ2) is 9.70. The minimum atomic E-state index is -0.667. The van der Waals surface area contributed by atoms with Crippen molar-refractivity contribution in [1.29, 1.82) is 0 Å². The number of amides is 3. The average molecular weight is 508 g/mol. The summed E-state index contributed by atoms with van der Waals surface area (Å²) in [6.07, 6.45) is 4.72. The van der Waals surface area contributed by atoms with Crippen LogP contribution in [0.15, 0.2) is 18.2 Å². The van der Waals surface area contributed by atoms with Crippen LogP contribution in [-0.2, 0) is 14.4 Å². The molecule has 34 heavy (non-hydrogen) atoms. The third kappa shape index (κ3) is 4.01. The Balaban J connectivity index is 1.68. The summed E-state index contributed by atoms with van der Waals surface area (Å²) in [6, 6.07) is 4.80. The van der Waals surface area contributed by atoms with Crippen LogP contribution < -0.4 is 10.6 Å². The van der Waals surface area contributed by atoms with Crippen molar-refractivity contribution < 1.29 is 19.5 Å². The number of nitrogens with zero attached hydrogens (tertiary/aromatic N) is 1. The van der Waals surface area contributed by atoms with E-state index in [1.165, 1.54) is 0 Å². The van der Waals surface area contributed by atoms with Crippen molar-refractivity contribution in [3.05, 3.63) is 28.8 Å². The zero-order valence-electron chi connectivity index (χ0n) is 20.0. The first-order valence-corrected chi connectivity index (χ1v) is 13.3. The van der Waals surface area contributed by atoms with Gasteiger partial charge in [-0.05, 0) is 51.2 Å². The first-order valence-electron chi connectivity index (χ1n) is 12.1. The van der Waals surface area contributed by atoms with E-state index in [4.69, 9.17) is 16.7 Å². The summed E-state index contributed by atoms with van der Waals surface area (Å²) in [5.74, 6) is -1.43. The van der Waals surface area contributed by atoms with E-state index in [0.29, 0.717) is 17.3 Å². The lowest BCUT2D eigenvalue weighted by Gasteiger charge is -2.34. The third-order valence-electron chi connectivity index (χ3n) is 7.83. The van der Waals surface area contributed by atoms with Gasteiger partial charge in [0, 0.05) is 24.9 Å². The van der Waals surface area contributed by atoms with Crippen LogP contribution in [0.1, 0.15) is 51.0 Å². The predicted octanol–water partition coefficient (Wildman–Crippen LogP) is 3.37. The number of thioether (sulfide) groups is 1. The number of hydrogen-bond acceptors (Lipinski definition) is 5. The number of para-hydroxylation sites is 1. The summed E-state index contributed by atoms with van der Waals surface area (Å²) in [5.41, 5.74) is 1.42. The number of aryl methyl sites for hydroxylation is 1. The molecule has 2 unspecified atom stereocenters. The Morgan fingerprint density at radius 1 is 1.21 bits per heavy atom. The second-order valence-corrected chi connectivity index (χ2v) is 12.2. The molecular weight excluding hydrogens is 474 g/mol. The highest BCUT2D eigenvalue weighted by molar-refractivity contribution is 8.02. The van der Waals surface area contributed by atoms with Crippen LogP contribution >= 0.6 is 23.4 Å². The summed E-state index contributed by atoms with van der Waals surface area (Å²) in [7, 11) is 1.61. The van der Waals surface area contributed by atoms with Gasteiger partial charge in [0.25, 0.3) is 0 Å². The number of benzene rings is 1. The number of anilines is 1. The Labute approximate surface area is 210 Å². The van der Waals surface area contributed by atoms with Gasteiger partial charge in [-0.3, -0.25) is 14.4 Å². The fourth-order valence-corrected chi connectivity index (χ4v) is 8.88. The molecule has 0 aliphatic carbocycles. The van der Waals surface area contributed by atoms with Crippen LogP contribution in [0.5, 0.6) is 0 Å².